The van der Waals surface area contributed by atoms with Crippen LogP contribution in [-0.4, -0.2) is 17.0 Å². The lowest BCUT2D eigenvalue weighted by atomic mass is 10.1. The monoisotopic (exact) mass is 188 g/mol. The number of hydrogen-bond acceptors (Lipinski definition) is 2. The highest BCUT2D eigenvalue weighted by atomic mass is 16.6. The van der Waals surface area contributed by atoms with Crippen LogP contribution in [0.15, 0.2) is 0 Å². The summed E-state index contributed by atoms with van der Waals surface area (Å²) in [5.74, 6) is -0.929. The molecule has 0 aliphatic rings. The van der Waals surface area contributed by atoms with Gasteiger partial charge in [-0.2, -0.15) is 0 Å². The molecule has 2 nitrogen and oxygen atoms in total. The van der Waals surface area contributed by atoms with Gasteiger partial charge < -0.3 is 9.84 Å². The topological polar surface area (TPSA) is 29.5 Å². The summed E-state index contributed by atoms with van der Waals surface area (Å²) in [4.78, 5) is 0. The summed E-state index contributed by atoms with van der Waals surface area (Å²) in [7, 11) is 0. The zero-order valence-electron chi connectivity index (χ0n) is 9.47. The van der Waals surface area contributed by atoms with Crippen LogP contribution in [-0.2, 0) is 4.74 Å². The van der Waals surface area contributed by atoms with Crippen molar-refractivity contribution in [3.8, 4) is 0 Å². The average Bonchev–Trinajstić information content (AvgIpc) is 1.95. The lowest BCUT2D eigenvalue weighted by Crippen LogP contribution is -2.31. The highest BCUT2D eigenvalue weighted by Crippen LogP contribution is 2.18. The molecule has 0 aromatic rings. The van der Waals surface area contributed by atoms with Crippen LogP contribution in [0.1, 0.15) is 59.8 Å². The molecule has 0 rings (SSSR count). The van der Waals surface area contributed by atoms with Crippen LogP contribution in [0.3, 0.4) is 0 Å². The smallest absolute Gasteiger partial charge is 0.162 e. The van der Waals surface area contributed by atoms with Crippen LogP contribution in [0.5, 0.6) is 0 Å². The summed E-state index contributed by atoms with van der Waals surface area (Å²) in [5, 5.41) is 9.76. The second-order valence-corrected chi connectivity index (χ2v) is 4.15. The molecule has 0 aromatic carbocycles. The Balaban J connectivity index is 3.50. The summed E-state index contributed by atoms with van der Waals surface area (Å²) >= 11 is 0. The molecule has 80 valence electrons. The van der Waals surface area contributed by atoms with Crippen molar-refractivity contribution in [2.75, 3.05) is 0 Å². The molecule has 1 unspecified atom stereocenters. The third kappa shape index (κ3) is 8.26. The van der Waals surface area contributed by atoms with E-state index in [0.717, 1.165) is 12.8 Å². The highest BCUT2D eigenvalue weighted by Gasteiger charge is 2.21. The van der Waals surface area contributed by atoms with E-state index in [9.17, 15) is 5.11 Å². The second-order valence-electron chi connectivity index (χ2n) is 4.15. The Kier molecular flexibility index (Phi) is 6.35. The molecular weight excluding hydrogens is 164 g/mol. The Morgan fingerprint density at radius 1 is 1.23 bits per heavy atom. The van der Waals surface area contributed by atoms with E-state index in [2.05, 4.69) is 6.92 Å². The third-order valence-electron chi connectivity index (χ3n) is 1.98. The van der Waals surface area contributed by atoms with Crippen LogP contribution in [0.25, 0.3) is 0 Å². The first-order chi connectivity index (χ1) is 5.98. The van der Waals surface area contributed by atoms with Crippen molar-refractivity contribution >= 4 is 0 Å². The summed E-state index contributed by atoms with van der Waals surface area (Å²) in [6, 6.07) is 0. The molecule has 0 radical (unpaired) electrons. The van der Waals surface area contributed by atoms with Gasteiger partial charge in [0, 0.05) is 6.42 Å². The van der Waals surface area contributed by atoms with Crippen molar-refractivity contribution in [2.45, 2.75) is 71.7 Å². The normalized spacial score (nSPS) is 16.2. The molecule has 1 N–H and O–H groups in total. The third-order valence-corrected chi connectivity index (χ3v) is 1.98. The molecule has 2 heteroatoms. The molecular formula is C11H24O2. The van der Waals surface area contributed by atoms with Gasteiger partial charge in [0.15, 0.2) is 5.79 Å². The summed E-state index contributed by atoms with van der Waals surface area (Å²) in [6.45, 7) is 7.82. The van der Waals surface area contributed by atoms with E-state index in [0.29, 0.717) is 0 Å². The van der Waals surface area contributed by atoms with Crippen LogP contribution in [0.4, 0.5) is 0 Å². The number of unbranched alkanes of at least 4 members (excludes halogenated alkanes) is 3. The lowest BCUT2D eigenvalue weighted by molar-refractivity contribution is -0.214. The predicted molar refractivity (Wildman–Crippen MR) is 55.6 cm³/mol. The van der Waals surface area contributed by atoms with E-state index in [1.54, 1.807) is 6.92 Å². The van der Waals surface area contributed by atoms with Crippen molar-refractivity contribution in [3.05, 3.63) is 0 Å². The van der Waals surface area contributed by atoms with Crippen LogP contribution >= 0.6 is 0 Å². The van der Waals surface area contributed by atoms with E-state index in [1.165, 1.54) is 19.3 Å². The molecule has 0 saturated heterocycles. The Bertz CT molecular complexity index is 119. The first-order valence-corrected chi connectivity index (χ1v) is 5.38. The van der Waals surface area contributed by atoms with Crippen molar-refractivity contribution in [1.82, 2.24) is 0 Å². The zero-order chi connectivity index (χ0) is 10.3. The maximum atomic E-state index is 9.76. The number of hydrogen-bond donors (Lipinski definition) is 1. The molecule has 0 saturated carbocycles. The van der Waals surface area contributed by atoms with Gasteiger partial charge in [0.05, 0.1) is 6.10 Å². The second kappa shape index (κ2) is 6.39. The van der Waals surface area contributed by atoms with Gasteiger partial charge in [-0.15, -0.1) is 0 Å². The van der Waals surface area contributed by atoms with Gasteiger partial charge in [0.2, 0.25) is 0 Å². The summed E-state index contributed by atoms with van der Waals surface area (Å²) in [5.41, 5.74) is 0. The Morgan fingerprint density at radius 2 is 1.85 bits per heavy atom. The Labute approximate surface area is 82.3 Å². The Hall–Kier alpha value is -0.0800. The zero-order valence-corrected chi connectivity index (χ0v) is 9.47. The summed E-state index contributed by atoms with van der Waals surface area (Å²) < 4.78 is 5.37. The minimum absolute atomic E-state index is 0.0983. The van der Waals surface area contributed by atoms with Gasteiger partial charge in [-0.25, -0.2) is 0 Å². The van der Waals surface area contributed by atoms with Crippen LogP contribution in [0.2, 0.25) is 0 Å². The van der Waals surface area contributed by atoms with Gasteiger partial charge in [-0.05, 0) is 27.2 Å². The molecule has 0 fully saturated rings. The Morgan fingerprint density at radius 3 is 2.31 bits per heavy atom. The fourth-order valence-electron chi connectivity index (χ4n) is 1.45. The fraction of sp³-hybridized carbons (Fsp3) is 1.00. The van der Waals surface area contributed by atoms with Gasteiger partial charge in [-0.1, -0.05) is 26.2 Å². The average molecular weight is 188 g/mol. The van der Waals surface area contributed by atoms with Crippen molar-refractivity contribution in [2.24, 2.45) is 0 Å². The predicted octanol–water partition coefficient (Wildman–Crippen LogP) is 3.09. The number of rotatable bonds is 7. The largest absolute Gasteiger partial charge is 0.366 e. The SMILES string of the molecule is CCCCCCC(C)(O)OC(C)C. The molecule has 0 aliphatic carbocycles. The van der Waals surface area contributed by atoms with Gasteiger partial charge in [0.1, 0.15) is 0 Å². The van der Waals surface area contributed by atoms with E-state index >= 15 is 0 Å². The molecule has 0 spiro atoms. The molecule has 13 heavy (non-hydrogen) atoms. The maximum Gasteiger partial charge on any atom is 0.162 e. The molecule has 0 heterocycles. The van der Waals surface area contributed by atoms with Crippen LogP contribution < -0.4 is 0 Å². The van der Waals surface area contributed by atoms with Crippen molar-refractivity contribution < 1.29 is 9.84 Å². The van der Waals surface area contributed by atoms with Crippen molar-refractivity contribution in [1.29, 1.82) is 0 Å². The molecule has 0 aromatic heterocycles. The van der Waals surface area contributed by atoms with Crippen LogP contribution in [0, 0.1) is 0 Å². The standard InChI is InChI=1S/C11H24O2/c1-5-6-7-8-9-11(4,12)13-10(2)3/h10,12H,5-9H2,1-4H3. The minimum atomic E-state index is -0.929. The molecule has 1 atom stereocenters. The molecule has 0 bridgehead atoms. The quantitative estimate of drug-likeness (QED) is 0.491. The number of ether oxygens (including phenoxy) is 1. The van der Waals surface area contributed by atoms with Crippen molar-refractivity contribution in [3.63, 3.8) is 0 Å². The minimum Gasteiger partial charge on any atom is -0.366 e. The first kappa shape index (κ1) is 12.9. The molecule has 0 aliphatic heterocycles. The lowest BCUT2D eigenvalue weighted by Gasteiger charge is -2.26. The van der Waals surface area contributed by atoms with Gasteiger partial charge >= 0.3 is 0 Å². The van der Waals surface area contributed by atoms with E-state index in [1.807, 2.05) is 13.8 Å². The fourth-order valence-corrected chi connectivity index (χ4v) is 1.45. The summed E-state index contributed by atoms with van der Waals surface area (Å²) in [6.07, 6.45) is 5.55. The maximum absolute atomic E-state index is 9.76. The highest BCUT2D eigenvalue weighted by molar-refractivity contribution is 4.61. The van der Waals surface area contributed by atoms with E-state index in [4.69, 9.17) is 4.74 Å². The van der Waals surface area contributed by atoms with E-state index < -0.39 is 5.79 Å². The van der Waals surface area contributed by atoms with E-state index in [-0.39, 0.29) is 6.10 Å². The first-order valence-electron chi connectivity index (χ1n) is 5.38. The molecule has 0 amide bonds. The van der Waals surface area contributed by atoms with Gasteiger partial charge in [-0.3, -0.25) is 0 Å². The van der Waals surface area contributed by atoms with Gasteiger partial charge in [0.25, 0.3) is 0 Å². The number of aliphatic hydroxyl groups is 1.